The molecule has 0 aliphatic heterocycles. The first-order chi connectivity index (χ1) is 7.07. The average molecular weight is 219 g/mol. The molecule has 0 unspecified atom stereocenters. The zero-order valence-electron chi connectivity index (χ0n) is 9.74. The normalized spacial score (nSPS) is 10.7. The van der Waals surface area contributed by atoms with Crippen molar-refractivity contribution in [3.63, 3.8) is 0 Å². The summed E-state index contributed by atoms with van der Waals surface area (Å²) >= 11 is 1.29. The van der Waals surface area contributed by atoms with Crippen LogP contribution in [-0.4, -0.2) is 0 Å². The third-order valence-corrected chi connectivity index (χ3v) is 3.23. The van der Waals surface area contributed by atoms with Gasteiger partial charge in [0.25, 0.3) is 0 Å². The summed E-state index contributed by atoms with van der Waals surface area (Å²) in [5.74, 6) is 0.944. The zero-order valence-corrected chi connectivity index (χ0v) is 10.6. The van der Waals surface area contributed by atoms with E-state index in [9.17, 15) is 0 Å². The van der Waals surface area contributed by atoms with Gasteiger partial charge < -0.3 is 0 Å². The Balaban J connectivity index is 3.29. The van der Waals surface area contributed by atoms with Gasteiger partial charge in [0.2, 0.25) is 0 Å². The Hall–Kier alpha value is -0.940. The van der Waals surface area contributed by atoms with E-state index in [0.29, 0.717) is 11.8 Å². The second kappa shape index (κ2) is 5.23. The number of nitrogens with zero attached hydrogens (tertiary/aromatic N) is 1. The first-order valence-corrected chi connectivity index (χ1v) is 6.08. The minimum Gasteiger partial charge on any atom is -0.185 e. The number of hydrogen-bond donors (Lipinski definition) is 0. The Morgan fingerprint density at radius 3 is 1.87 bits per heavy atom. The first-order valence-electron chi connectivity index (χ1n) is 5.26. The van der Waals surface area contributed by atoms with Gasteiger partial charge in [0.1, 0.15) is 5.40 Å². The summed E-state index contributed by atoms with van der Waals surface area (Å²) < 4.78 is 0. The summed E-state index contributed by atoms with van der Waals surface area (Å²) in [6.07, 6.45) is 0. The van der Waals surface area contributed by atoms with Crippen molar-refractivity contribution >= 4 is 11.8 Å². The minimum absolute atomic E-state index is 0.472. The summed E-state index contributed by atoms with van der Waals surface area (Å²) in [5.41, 5.74) is 2.57. The van der Waals surface area contributed by atoms with E-state index in [4.69, 9.17) is 5.26 Å². The van der Waals surface area contributed by atoms with Gasteiger partial charge in [0.15, 0.2) is 0 Å². The predicted octanol–water partition coefficient (Wildman–Crippen LogP) is 4.51. The number of benzene rings is 1. The molecule has 0 N–H and O–H groups in total. The monoisotopic (exact) mass is 219 g/mol. The molecule has 0 amide bonds. The molecule has 1 nitrogen and oxygen atoms in total. The molecule has 0 aliphatic carbocycles. The van der Waals surface area contributed by atoms with Crippen LogP contribution in [0.4, 0.5) is 0 Å². The van der Waals surface area contributed by atoms with E-state index in [1.807, 2.05) is 0 Å². The van der Waals surface area contributed by atoms with E-state index in [2.05, 4.69) is 51.3 Å². The summed E-state index contributed by atoms with van der Waals surface area (Å²) in [6.45, 7) is 8.67. The van der Waals surface area contributed by atoms with Crippen molar-refractivity contribution in [3.05, 3.63) is 29.3 Å². The van der Waals surface area contributed by atoms with Gasteiger partial charge in [-0.2, -0.15) is 5.26 Å². The number of rotatable bonds is 3. The molecule has 0 bridgehead atoms. The molecule has 1 aromatic carbocycles. The van der Waals surface area contributed by atoms with Crippen LogP contribution in [0.5, 0.6) is 0 Å². The highest BCUT2D eigenvalue weighted by atomic mass is 32.2. The van der Waals surface area contributed by atoms with E-state index in [-0.39, 0.29) is 0 Å². The van der Waals surface area contributed by atoms with Gasteiger partial charge in [0, 0.05) is 4.90 Å². The summed E-state index contributed by atoms with van der Waals surface area (Å²) in [4.78, 5) is 1.16. The van der Waals surface area contributed by atoms with Crippen LogP contribution in [0.25, 0.3) is 0 Å². The van der Waals surface area contributed by atoms with Crippen LogP contribution in [0.15, 0.2) is 23.1 Å². The SMILES string of the molecule is CC(C)c1cccc(C(C)C)c1SC#N. The highest BCUT2D eigenvalue weighted by molar-refractivity contribution is 8.03. The van der Waals surface area contributed by atoms with E-state index in [1.54, 1.807) is 0 Å². The van der Waals surface area contributed by atoms with Crippen molar-refractivity contribution in [2.45, 2.75) is 44.4 Å². The van der Waals surface area contributed by atoms with Crippen molar-refractivity contribution < 1.29 is 0 Å². The van der Waals surface area contributed by atoms with Gasteiger partial charge >= 0.3 is 0 Å². The van der Waals surface area contributed by atoms with Gasteiger partial charge in [0.05, 0.1) is 0 Å². The van der Waals surface area contributed by atoms with Gasteiger partial charge in [-0.15, -0.1) is 0 Å². The fourth-order valence-electron chi connectivity index (χ4n) is 1.65. The fourth-order valence-corrected chi connectivity index (χ4v) is 2.58. The molecule has 1 rings (SSSR count). The van der Waals surface area contributed by atoms with Crippen LogP contribution in [0.3, 0.4) is 0 Å². The molecule has 2 heteroatoms. The second-order valence-electron chi connectivity index (χ2n) is 4.27. The summed E-state index contributed by atoms with van der Waals surface area (Å²) in [5, 5.41) is 11.0. The Labute approximate surface area is 96.5 Å². The second-order valence-corrected chi connectivity index (χ2v) is 5.06. The quantitative estimate of drug-likeness (QED) is 0.552. The van der Waals surface area contributed by atoms with Gasteiger partial charge in [-0.05, 0) is 34.7 Å². The smallest absolute Gasteiger partial charge is 0.138 e. The minimum atomic E-state index is 0.472. The van der Waals surface area contributed by atoms with E-state index in [1.165, 1.54) is 22.9 Å². The van der Waals surface area contributed by atoms with Crippen LogP contribution in [0.2, 0.25) is 0 Å². The van der Waals surface area contributed by atoms with Crippen LogP contribution in [-0.2, 0) is 0 Å². The van der Waals surface area contributed by atoms with Crippen LogP contribution in [0.1, 0.15) is 50.7 Å². The number of hydrogen-bond acceptors (Lipinski definition) is 2. The molecular weight excluding hydrogens is 202 g/mol. The molecule has 0 aromatic heterocycles. The largest absolute Gasteiger partial charge is 0.185 e. The third kappa shape index (κ3) is 2.76. The lowest BCUT2D eigenvalue weighted by Gasteiger charge is -2.16. The molecule has 0 saturated carbocycles. The lowest BCUT2D eigenvalue weighted by molar-refractivity contribution is 0.794. The number of nitriles is 1. The average Bonchev–Trinajstić information content (AvgIpc) is 2.17. The fraction of sp³-hybridized carbons (Fsp3) is 0.462. The Morgan fingerprint density at radius 2 is 1.53 bits per heavy atom. The standard InChI is InChI=1S/C13H17NS/c1-9(2)11-6-5-7-12(10(3)4)13(11)15-8-14/h5-7,9-10H,1-4H3. The predicted molar refractivity (Wildman–Crippen MR) is 66.1 cm³/mol. The van der Waals surface area contributed by atoms with E-state index in [0.717, 1.165) is 4.90 Å². The molecule has 0 heterocycles. The van der Waals surface area contributed by atoms with Crippen LogP contribution in [0, 0.1) is 10.7 Å². The van der Waals surface area contributed by atoms with Crippen LogP contribution < -0.4 is 0 Å². The number of thiocyanates is 1. The van der Waals surface area contributed by atoms with E-state index >= 15 is 0 Å². The molecule has 0 spiro atoms. The summed E-state index contributed by atoms with van der Waals surface area (Å²) in [6, 6.07) is 6.33. The van der Waals surface area contributed by atoms with Crippen molar-refractivity contribution in [1.82, 2.24) is 0 Å². The third-order valence-electron chi connectivity index (χ3n) is 2.47. The Bertz CT molecular complexity index is 348. The van der Waals surface area contributed by atoms with Gasteiger partial charge in [-0.3, -0.25) is 0 Å². The Kier molecular flexibility index (Phi) is 4.23. The molecule has 1 aromatic rings. The van der Waals surface area contributed by atoms with Crippen molar-refractivity contribution in [2.24, 2.45) is 0 Å². The summed E-state index contributed by atoms with van der Waals surface area (Å²) in [7, 11) is 0. The highest BCUT2D eigenvalue weighted by Gasteiger charge is 2.13. The lowest BCUT2D eigenvalue weighted by Crippen LogP contribution is -1.97. The maximum atomic E-state index is 8.85. The molecule has 0 saturated heterocycles. The molecule has 0 radical (unpaired) electrons. The maximum Gasteiger partial charge on any atom is 0.138 e. The van der Waals surface area contributed by atoms with Gasteiger partial charge in [-0.1, -0.05) is 45.9 Å². The first kappa shape index (κ1) is 12.1. The maximum absolute atomic E-state index is 8.85. The molecule has 80 valence electrons. The molecular formula is C13H17NS. The topological polar surface area (TPSA) is 23.8 Å². The van der Waals surface area contributed by atoms with E-state index < -0.39 is 0 Å². The van der Waals surface area contributed by atoms with Crippen molar-refractivity contribution in [3.8, 4) is 5.40 Å². The van der Waals surface area contributed by atoms with Crippen molar-refractivity contribution in [1.29, 1.82) is 5.26 Å². The lowest BCUT2D eigenvalue weighted by atomic mass is 9.95. The molecule has 0 atom stereocenters. The number of thioether (sulfide) groups is 1. The molecule has 15 heavy (non-hydrogen) atoms. The van der Waals surface area contributed by atoms with Crippen LogP contribution >= 0.6 is 11.8 Å². The highest BCUT2D eigenvalue weighted by Crippen LogP contribution is 2.34. The molecule has 0 fully saturated rings. The zero-order chi connectivity index (χ0) is 11.4. The van der Waals surface area contributed by atoms with Gasteiger partial charge in [-0.25, -0.2) is 0 Å². The Morgan fingerprint density at radius 1 is 1.07 bits per heavy atom. The molecule has 0 aliphatic rings. The van der Waals surface area contributed by atoms with Crippen molar-refractivity contribution in [2.75, 3.05) is 0 Å².